The van der Waals surface area contributed by atoms with E-state index in [1.165, 1.54) is 17.8 Å². The van der Waals surface area contributed by atoms with E-state index in [0.29, 0.717) is 12.3 Å². The molecule has 1 saturated carbocycles. The number of furan rings is 1. The van der Waals surface area contributed by atoms with Gasteiger partial charge in [0, 0.05) is 17.7 Å². The average Bonchev–Trinajstić information content (AvgIpc) is 2.87. The first-order chi connectivity index (χ1) is 9.13. The zero-order valence-electron chi connectivity index (χ0n) is 10.6. The molecule has 2 unspecified atom stereocenters. The fourth-order valence-corrected chi connectivity index (χ4v) is 2.97. The smallest absolute Gasteiger partial charge is 0.303 e. The van der Waals surface area contributed by atoms with Crippen LogP contribution in [-0.2, 0) is 11.2 Å². The maximum absolute atomic E-state index is 10.5. The van der Waals surface area contributed by atoms with Gasteiger partial charge >= 0.3 is 5.97 Å². The summed E-state index contributed by atoms with van der Waals surface area (Å²) in [6.07, 6.45) is 1.79. The summed E-state index contributed by atoms with van der Waals surface area (Å²) in [6, 6.07) is 3.99. The highest BCUT2D eigenvalue weighted by atomic mass is 32.1. The van der Waals surface area contributed by atoms with Crippen LogP contribution in [0, 0.1) is 5.92 Å². The van der Waals surface area contributed by atoms with Gasteiger partial charge in [0.2, 0.25) is 0 Å². The third kappa shape index (κ3) is 2.71. The zero-order chi connectivity index (χ0) is 13.4. The minimum absolute atomic E-state index is 0.117. The molecular formula is C14H15NO3S. The van der Waals surface area contributed by atoms with Crippen LogP contribution in [0.4, 0.5) is 0 Å². The predicted molar refractivity (Wildman–Crippen MR) is 72.3 cm³/mol. The number of carbonyl (C=O) groups is 1. The molecule has 19 heavy (non-hydrogen) atoms. The van der Waals surface area contributed by atoms with Gasteiger partial charge < -0.3 is 9.52 Å². The largest absolute Gasteiger partial charge is 0.481 e. The molecule has 1 aliphatic rings. The van der Waals surface area contributed by atoms with Gasteiger partial charge in [0.25, 0.3) is 0 Å². The molecule has 100 valence electrons. The van der Waals surface area contributed by atoms with E-state index in [1.807, 2.05) is 17.5 Å². The van der Waals surface area contributed by atoms with Crippen LogP contribution in [-0.4, -0.2) is 16.1 Å². The molecule has 0 aromatic carbocycles. The number of rotatable bonds is 5. The van der Waals surface area contributed by atoms with E-state index in [0.717, 1.165) is 28.1 Å². The second-order valence-corrected chi connectivity index (χ2v) is 5.92. The lowest BCUT2D eigenvalue weighted by molar-refractivity contribution is -0.136. The number of carboxylic acid groups (broad SMARTS) is 1. The summed E-state index contributed by atoms with van der Waals surface area (Å²) < 4.78 is 5.83. The zero-order valence-corrected chi connectivity index (χ0v) is 11.4. The Balaban J connectivity index is 1.71. The number of nitrogens with zero attached hydrogens (tertiary/aromatic N) is 1. The third-order valence-corrected chi connectivity index (χ3v) is 4.36. The first-order valence-electron chi connectivity index (χ1n) is 6.40. The normalized spacial score (nSPS) is 21.5. The fraction of sp³-hybridized carbons (Fsp3) is 0.429. The van der Waals surface area contributed by atoms with Crippen LogP contribution in [0.1, 0.15) is 37.1 Å². The number of hydrogen-bond donors (Lipinski definition) is 1. The first kappa shape index (κ1) is 12.4. The van der Waals surface area contributed by atoms with Gasteiger partial charge in [0.05, 0.1) is 12.1 Å². The summed E-state index contributed by atoms with van der Waals surface area (Å²) >= 11 is 1.50. The minimum Gasteiger partial charge on any atom is -0.481 e. The molecule has 3 rings (SSSR count). The number of carboxylic acids is 1. The van der Waals surface area contributed by atoms with E-state index >= 15 is 0 Å². The molecule has 0 spiro atoms. The number of aliphatic carboxylic acids is 1. The Morgan fingerprint density at radius 3 is 3.05 bits per heavy atom. The highest BCUT2D eigenvalue weighted by molar-refractivity contribution is 7.13. The number of aryl methyl sites for hydroxylation is 1. The lowest BCUT2D eigenvalue weighted by Gasteiger charge is -1.93. The fourth-order valence-electron chi connectivity index (χ4n) is 2.16. The summed E-state index contributed by atoms with van der Waals surface area (Å²) in [5, 5.41) is 11.4. The molecule has 4 nitrogen and oxygen atoms in total. The molecule has 0 amide bonds. The van der Waals surface area contributed by atoms with Crippen LogP contribution in [0.15, 0.2) is 21.9 Å². The molecule has 1 fully saturated rings. The molecule has 2 heterocycles. The van der Waals surface area contributed by atoms with Gasteiger partial charge in [-0.05, 0) is 24.5 Å². The summed E-state index contributed by atoms with van der Waals surface area (Å²) in [7, 11) is 0. The SMILES string of the molecule is CC1CC1c1ccc(-c2nc(CCC(=O)O)cs2)o1. The van der Waals surface area contributed by atoms with Crippen LogP contribution >= 0.6 is 11.3 Å². The van der Waals surface area contributed by atoms with E-state index in [1.54, 1.807) is 0 Å². The Hall–Kier alpha value is -1.62. The maximum Gasteiger partial charge on any atom is 0.303 e. The molecule has 2 aromatic rings. The highest BCUT2D eigenvalue weighted by Gasteiger charge is 2.36. The van der Waals surface area contributed by atoms with Crippen LogP contribution in [0.2, 0.25) is 0 Å². The van der Waals surface area contributed by atoms with E-state index in [4.69, 9.17) is 9.52 Å². The Morgan fingerprint density at radius 2 is 2.37 bits per heavy atom. The number of thiazole rings is 1. The quantitative estimate of drug-likeness (QED) is 0.907. The molecule has 2 atom stereocenters. The Bertz CT molecular complexity index is 601. The molecule has 2 aromatic heterocycles. The highest BCUT2D eigenvalue weighted by Crippen LogP contribution is 2.48. The van der Waals surface area contributed by atoms with Crippen molar-refractivity contribution < 1.29 is 14.3 Å². The van der Waals surface area contributed by atoms with Crippen LogP contribution in [0.25, 0.3) is 10.8 Å². The van der Waals surface area contributed by atoms with Crippen molar-refractivity contribution >= 4 is 17.3 Å². The van der Waals surface area contributed by atoms with Crippen LogP contribution in [0.3, 0.4) is 0 Å². The summed E-state index contributed by atoms with van der Waals surface area (Å²) in [5.74, 6) is 2.34. The van der Waals surface area contributed by atoms with Crippen molar-refractivity contribution in [3.8, 4) is 10.8 Å². The lowest BCUT2D eigenvalue weighted by Crippen LogP contribution is -1.97. The summed E-state index contributed by atoms with van der Waals surface area (Å²) in [4.78, 5) is 14.9. The molecule has 1 aliphatic carbocycles. The van der Waals surface area contributed by atoms with E-state index < -0.39 is 5.97 Å². The van der Waals surface area contributed by atoms with Crippen molar-refractivity contribution in [3.63, 3.8) is 0 Å². The summed E-state index contributed by atoms with van der Waals surface area (Å²) in [6.45, 7) is 2.22. The van der Waals surface area contributed by atoms with Gasteiger partial charge in [0.15, 0.2) is 10.8 Å². The van der Waals surface area contributed by atoms with Crippen molar-refractivity contribution in [1.82, 2.24) is 4.98 Å². The second-order valence-electron chi connectivity index (χ2n) is 5.06. The molecule has 5 heteroatoms. The molecular weight excluding hydrogens is 262 g/mol. The predicted octanol–water partition coefficient (Wildman–Crippen LogP) is 3.54. The molecule has 1 N–H and O–H groups in total. The van der Waals surface area contributed by atoms with Crippen molar-refractivity contribution in [2.45, 2.75) is 32.1 Å². The van der Waals surface area contributed by atoms with Gasteiger partial charge in [0.1, 0.15) is 5.76 Å². The van der Waals surface area contributed by atoms with Crippen molar-refractivity contribution in [3.05, 3.63) is 29.0 Å². The first-order valence-corrected chi connectivity index (χ1v) is 7.27. The molecule has 0 aliphatic heterocycles. The van der Waals surface area contributed by atoms with E-state index in [-0.39, 0.29) is 6.42 Å². The molecule has 0 saturated heterocycles. The van der Waals surface area contributed by atoms with Gasteiger partial charge in [-0.25, -0.2) is 4.98 Å². The van der Waals surface area contributed by atoms with Gasteiger partial charge in [-0.3, -0.25) is 4.79 Å². The maximum atomic E-state index is 10.5. The Kier molecular flexibility index (Phi) is 3.14. The van der Waals surface area contributed by atoms with Crippen LogP contribution in [0.5, 0.6) is 0 Å². The third-order valence-electron chi connectivity index (χ3n) is 3.46. The average molecular weight is 277 g/mol. The minimum atomic E-state index is -0.794. The van der Waals surface area contributed by atoms with Crippen molar-refractivity contribution in [2.75, 3.05) is 0 Å². The second kappa shape index (κ2) is 4.81. The van der Waals surface area contributed by atoms with Crippen molar-refractivity contribution in [2.24, 2.45) is 5.92 Å². The standard InChI is InChI=1S/C14H15NO3S/c1-8-6-10(8)11-3-4-12(18-11)14-15-9(7-19-14)2-5-13(16)17/h3-4,7-8,10H,2,5-6H2,1H3,(H,16,17). The molecule has 0 radical (unpaired) electrons. The lowest BCUT2D eigenvalue weighted by atomic mass is 10.2. The number of aromatic nitrogens is 1. The van der Waals surface area contributed by atoms with Gasteiger partial charge in [-0.2, -0.15) is 0 Å². The summed E-state index contributed by atoms with van der Waals surface area (Å²) in [5.41, 5.74) is 0.820. The van der Waals surface area contributed by atoms with E-state index in [2.05, 4.69) is 11.9 Å². The van der Waals surface area contributed by atoms with Crippen molar-refractivity contribution in [1.29, 1.82) is 0 Å². The van der Waals surface area contributed by atoms with E-state index in [9.17, 15) is 4.79 Å². The van der Waals surface area contributed by atoms with Gasteiger partial charge in [-0.1, -0.05) is 6.92 Å². The number of hydrogen-bond acceptors (Lipinski definition) is 4. The van der Waals surface area contributed by atoms with Gasteiger partial charge in [-0.15, -0.1) is 11.3 Å². The van der Waals surface area contributed by atoms with Crippen LogP contribution < -0.4 is 0 Å². The Morgan fingerprint density at radius 1 is 1.58 bits per heavy atom. The molecule has 0 bridgehead atoms. The monoisotopic (exact) mass is 277 g/mol. The topological polar surface area (TPSA) is 63.3 Å². The Labute approximate surface area is 115 Å².